The SMILES string of the molecule is CC(C)NC(=O)NC(=O)CSc1nnc(-c2ccccc2)n1Cc1ccco1. The maximum Gasteiger partial charge on any atom is 0.321 e. The molecule has 0 atom stereocenters. The normalized spacial score (nSPS) is 10.8. The van der Waals surface area contributed by atoms with Gasteiger partial charge in [0.1, 0.15) is 5.76 Å². The molecule has 0 aliphatic rings. The first-order valence-corrected chi connectivity index (χ1v) is 9.75. The quantitative estimate of drug-likeness (QED) is 0.592. The largest absolute Gasteiger partial charge is 0.467 e. The zero-order valence-corrected chi connectivity index (χ0v) is 16.4. The van der Waals surface area contributed by atoms with Gasteiger partial charge in [0.2, 0.25) is 5.91 Å². The Hall–Kier alpha value is -3.07. The van der Waals surface area contributed by atoms with Crippen molar-refractivity contribution in [1.29, 1.82) is 0 Å². The molecule has 0 radical (unpaired) electrons. The molecule has 3 amide bonds. The number of aromatic nitrogens is 3. The van der Waals surface area contributed by atoms with Crippen LogP contribution in [0.4, 0.5) is 4.79 Å². The number of nitrogens with zero attached hydrogens (tertiary/aromatic N) is 3. The molecular weight excluding hydrogens is 378 g/mol. The Bertz CT molecular complexity index is 922. The van der Waals surface area contributed by atoms with Gasteiger partial charge in [-0.3, -0.25) is 14.7 Å². The number of thioether (sulfide) groups is 1. The van der Waals surface area contributed by atoms with Crippen molar-refractivity contribution in [2.24, 2.45) is 0 Å². The molecular formula is C19H21N5O3S. The second-order valence-corrected chi connectivity index (χ2v) is 7.25. The molecule has 8 nitrogen and oxygen atoms in total. The monoisotopic (exact) mass is 399 g/mol. The summed E-state index contributed by atoms with van der Waals surface area (Å²) in [6, 6.07) is 12.8. The molecule has 2 heterocycles. The van der Waals surface area contributed by atoms with Crippen molar-refractivity contribution in [3.63, 3.8) is 0 Å². The predicted octanol–water partition coefficient (Wildman–Crippen LogP) is 2.91. The third-order valence-electron chi connectivity index (χ3n) is 3.65. The van der Waals surface area contributed by atoms with Crippen molar-refractivity contribution in [3.8, 4) is 11.4 Å². The Kier molecular flexibility index (Phi) is 6.49. The molecule has 3 aromatic rings. The van der Waals surface area contributed by atoms with E-state index in [1.807, 2.05) is 60.9 Å². The van der Waals surface area contributed by atoms with Crippen LogP contribution >= 0.6 is 11.8 Å². The zero-order valence-electron chi connectivity index (χ0n) is 15.6. The minimum Gasteiger partial charge on any atom is -0.467 e. The van der Waals surface area contributed by atoms with Crippen LogP contribution in [-0.2, 0) is 11.3 Å². The van der Waals surface area contributed by atoms with E-state index >= 15 is 0 Å². The molecule has 0 aliphatic carbocycles. The topological polar surface area (TPSA) is 102 Å². The Morgan fingerprint density at radius 1 is 1.14 bits per heavy atom. The molecule has 2 N–H and O–H groups in total. The van der Waals surface area contributed by atoms with Gasteiger partial charge in [0, 0.05) is 11.6 Å². The lowest BCUT2D eigenvalue weighted by atomic mass is 10.2. The summed E-state index contributed by atoms with van der Waals surface area (Å²) >= 11 is 1.21. The summed E-state index contributed by atoms with van der Waals surface area (Å²) in [5, 5.41) is 14.0. The first kappa shape index (κ1) is 19.7. The second kappa shape index (κ2) is 9.23. The van der Waals surface area contributed by atoms with Crippen LogP contribution in [0.25, 0.3) is 11.4 Å². The van der Waals surface area contributed by atoms with Gasteiger partial charge in [0.15, 0.2) is 11.0 Å². The number of rotatable bonds is 7. The Morgan fingerprint density at radius 2 is 1.93 bits per heavy atom. The molecule has 3 rings (SSSR count). The van der Waals surface area contributed by atoms with Crippen molar-refractivity contribution in [3.05, 3.63) is 54.5 Å². The van der Waals surface area contributed by atoms with E-state index < -0.39 is 11.9 Å². The number of hydrogen-bond donors (Lipinski definition) is 2. The average Bonchev–Trinajstić information content (AvgIpc) is 3.30. The second-order valence-electron chi connectivity index (χ2n) is 6.30. The number of imide groups is 1. The Labute approximate surface area is 166 Å². The minimum atomic E-state index is -0.511. The third kappa shape index (κ3) is 5.23. The number of carbonyl (C=O) groups is 2. The number of urea groups is 1. The summed E-state index contributed by atoms with van der Waals surface area (Å²) in [6.45, 7) is 4.07. The molecule has 0 spiro atoms. The number of benzene rings is 1. The fraction of sp³-hybridized carbons (Fsp3) is 0.263. The molecule has 28 heavy (non-hydrogen) atoms. The molecule has 9 heteroatoms. The van der Waals surface area contributed by atoms with Crippen LogP contribution in [0.5, 0.6) is 0 Å². The fourth-order valence-corrected chi connectivity index (χ4v) is 3.23. The summed E-state index contributed by atoms with van der Waals surface area (Å²) in [4.78, 5) is 23.7. The van der Waals surface area contributed by atoms with Crippen LogP contribution in [0.2, 0.25) is 0 Å². The third-order valence-corrected chi connectivity index (χ3v) is 4.61. The summed E-state index contributed by atoms with van der Waals surface area (Å²) in [6.07, 6.45) is 1.61. The van der Waals surface area contributed by atoms with E-state index in [0.29, 0.717) is 17.5 Å². The van der Waals surface area contributed by atoms with Gasteiger partial charge >= 0.3 is 6.03 Å². The van der Waals surface area contributed by atoms with Crippen molar-refractivity contribution in [2.45, 2.75) is 31.6 Å². The Balaban J connectivity index is 1.74. The summed E-state index contributed by atoms with van der Waals surface area (Å²) in [5.41, 5.74) is 0.911. The van der Waals surface area contributed by atoms with Gasteiger partial charge in [-0.15, -0.1) is 10.2 Å². The zero-order chi connectivity index (χ0) is 19.9. The lowest BCUT2D eigenvalue weighted by Gasteiger charge is -2.10. The number of furan rings is 1. The lowest BCUT2D eigenvalue weighted by molar-refractivity contribution is -0.117. The van der Waals surface area contributed by atoms with E-state index in [1.54, 1.807) is 6.26 Å². The van der Waals surface area contributed by atoms with Crippen LogP contribution in [0.15, 0.2) is 58.3 Å². The summed E-state index contributed by atoms with van der Waals surface area (Å²) < 4.78 is 7.34. The average molecular weight is 399 g/mol. The van der Waals surface area contributed by atoms with E-state index in [0.717, 1.165) is 11.3 Å². The van der Waals surface area contributed by atoms with Crippen LogP contribution < -0.4 is 10.6 Å². The van der Waals surface area contributed by atoms with Crippen LogP contribution in [0, 0.1) is 0 Å². The number of nitrogens with one attached hydrogen (secondary N) is 2. The number of amides is 3. The summed E-state index contributed by atoms with van der Waals surface area (Å²) in [5.74, 6) is 1.06. The van der Waals surface area contributed by atoms with Crippen molar-refractivity contribution in [2.75, 3.05) is 5.75 Å². The highest BCUT2D eigenvalue weighted by Crippen LogP contribution is 2.25. The van der Waals surface area contributed by atoms with E-state index in [2.05, 4.69) is 20.8 Å². The van der Waals surface area contributed by atoms with E-state index in [1.165, 1.54) is 11.8 Å². The van der Waals surface area contributed by atoms with E-state index in [9.17, 15) is 9.59 Å². The number of hydrogen-bond acceptors (Lipinski definition) is 6. The first-order chi connectivity index (χ1) is 13.5. The first-order valence-electron chi connectivity index (χ1n) is 8.77. The molecule has 0 saturated carbocycles. The number of carbonyl (C=O) groups excluding carboxylic acids is 2. The molecule has 1 aromatic carbocycles. The standard InChI is InChI=1S/C19H21N5O3S/c1-13(2)20-18(26)21-16(25)12-28-19-23-22-17(14-7-4-3-5-8-14)24(19)11-15-9-6-10-27-15/h3-10,13H,11-12H2,1-2H3,(H2,20,21,25,26). The molecule has 0 fully saturated rings. The van der Waals surface area contributed by atoms with Crippen molar-refractivity contribution < 1.29 is 14.0 Å². The van der Waals surface area contributed by atoms with Crippen molar-refractivity contribution in [1.82, 2.24) is 25.4 Å². The lowest BCUT2D eigenvalue weighted by Crippen LogP contribution is -2.43. The molecule has 0 aliphatic heterocycles. The van der Waals surface area contributed by atoms with Gasteiger partial charge in [-0.05, 0) is 26.0 Å². The van der Waals surface area contributed by atoms with Crippen molar-refractivity contribution >= 4 is 23.7 Å². The van der Waals surface area contributed by atoms with E-state index in [4.69, 9.17) is 4.42 Å². The molecule has 2 aromatic heterocycles. The highest BCUT2D eigenvalue weighted by Gasteiger charge is 2.17. The van der Waals surface area contributed by atoms with Gasteiger partial charge in [0.25, 0.3) is 0 Å². The van der Waals surface area contributed by atoms with Gasteiger partial charge in [0.05, 0.1) is 18.6 Å². The smallest absolute Gasteiger partial charge is 0.321 e. The molecule has 0 unspecified atom stereocenters. The molecule has 146 valence electrons. The Morgan fingerprint density at radius 3 is 2.61 bits per heavy atom. The fourth-order valence-electron chi connectivity index (χ4n) is 2.49. The van der Waals surface area contributed by atoms with E-state index in [-0.39, 0.29) is 11.8 Å². The van der Waals surface area contributed by atoms with Crippen LogP contribution in [0.1, 0.15) is 19.6 Å². The minimum absolute atomic E-state index is 0.0383. The van der Waals surface area contributed by atoms with Gasteiger partial charge in [-0.25, -0.2) is 4.79 Å². The molecule has 0 saturated heterocycles. The van der Waals surface area contributed by atoms with Crippen LogP contribution in [0.3, 0.4) is 0 Å². The van der Waals surface area contributed by atoms with Gasteiger partial charge < -0.3 is 9.73 Å². The maximum absolute atomic E-state index is 12.0. The van der Waals surface area contributed by atoms with Gasteiger partial charge in [-0.1, -0.05) is 42.1 Å². The molecule has 0 bridgehead atoms. The van der Waals surface area contributed by atoms with Gasteiger partial charge in [-0.2, -0.15) is 0 Å². The predicted molar refractivity (Wildman–Crippen MR) is 106 cm³/mol. The highest BCUT2D eigenvalue weighted by atomic mass is 32.2. The maximum atomic E-state index is 12.0. The highest BCUT2D eigenvalue weighted by molar-refractivity contribution is 7.99. The van der Waals surface area contributed by atoms with Crippen LogP contribution in [-0.4, -0.2) is 38.5 Å². The summed E-state index contributed by atoms with van der Waals surface area (Å²) in [7, 11) is 0.